The highest BCUT2D eigenvalue weighted by Crippen LogP contribution is 2.37. The quantitative estimate of drug-likeness (QED) is 0.793. The van der Waals surface area contributed by atoms with Gasteiger partial charge >= 0.3 is 0 Å². The summed E-state index contributed by atoms with van der Waals surface area (Å²) < 4.78 is 12.8. The summed E-state index contributed by atoms with van der Waals surface area (Å²) in [5.41, 5.74) is 3.03. The number of methoxy groups -OCH3 is 2. The minimum absolute atomic E-state index is 0.154. The molecular formula is C19H18N4O2. The summed E-state index contributed by atoms with van der Waals surface area (Å²) in [6, 6.07) is 15.7. The molecule has 0 fully saturated rings. The van der Waals surface area contributed by atoms with Crippen molar-refractivity contribution in [1.29, 1.82) is 0 Å². The topological polar surface area (TPSA) is 61.2 Å². The Morgan fingerprint density at radius 1 is 1.04 bits per heavy atom. The Balaban J connectivity index is 1.87. The van der Waals surface area contributed by atoms with Crippen molar-refractivity contribution in [2.45, 2.75) is 6.04 Å². The van der Waals surface area contributed by atoms with E-state index in [2.05, 4.69) is 33.6 Å². The number of hydrogen-bond acceptors (Lipinski definition) is 5. The van der Waals surface area contributed by atoms with E-state index in [1.807, 2.05) is 41.1 Å². The lowest BCUT2D eigenvalue weighted by atomic mass is 10.0. The van der Waals surface area contributed by atoms with Crippen molar-refractivity contribution in [2.75, 3.05) is 19.5 Å². The van der Waals surface area contributed by atoms with Gasteiger partial charge in [-0.2, -0.15) is 10.1 Å². The first-order valence-electron chi connectivity index (χ1n) is 7.96. The van der Waals surface area contributed by atoms with Crippen LogP contribution < -0.4 is 14.8 Å². The van der Waals surface area contributed by atoms with Crippen LogP contribution in [0, 0.1) is 0 Å². The second-order valence-corrected chi connectivity index (χ2v) is 5.65. The van der Waals surface area contributed by atoms with Gasteiger partial charge in [0.15, 0.2) is 0 Å². The molecule has 6 heteroatoms. The molecule has 25 heavy (non-hydrogen) atoms. The number of ether oxygens (including phenoxy) is 2. The average Bonchev–Trinajstić information content (AvgIpc) is 3.16. The second-order valence-electron chi connectivity index (χ2n) is 5.65. The van der Waals surface area contributed by atoms with Crippen molar-refractivity contribution in [3.05, 3.63) is 72.1 Å². The summed E-state index contributed by atoms with van der Waals surface area (Å²) in [7, 11) is 3.32. The van der Waals surface area contributed by atoms with Gasteiger partial charge in [0, 0.05) is 11.3 Å². The molecule has 0 bridgehead atoms. The van der Waals surface area contributed by atoms with Gasteiger partial charge in [0.2, 0.25) is 5.95 Å². The number of hydrogen-bond donors (Lipinski definition) is 1. The Bertz CT molecular complexity index is 918. The van der Waals surface area contributed by atoms with Gasteiger partial charge in [0.1, 0.15) is 23.9 Å². The molecular weight excluding hydrogens is 316 g/mol. The summed E-state index contributed by atoms with van der Waals surface area (Å²) in [6.45, 7) is 0. The molecule has 1 N–H and O–H groups in total. The van der Waals surface area contributed by atoms with Crippen LogP contribution in [0.25, 0.3) is 5.70 Å². The predicted molar refractivity (Wildman–Crippen MR) is 95.7 cm³/mol. The number of nitrogens with one attached hydrogen (secondary N) is 1. The smallest absolute Gasteiger partial charge is 0.226 e. The van der Waals surface area contributed by atoms with Crippen molar-refractivity contribution in [3.8, 4) is 11.5 Å². The largest absolute Gasteiger partial charge is 0.497 e. The van der Waals surface area contributed by atoms with Crippen LogP contribution in [-0.4, -0.2) is 29.0 Å². The van der Waals surface area contributed by atoms with Crippen LogP contribution in [0.2, 0.25) is 0 Å². The number of allylic oxidation sites excluding steroid dienone is 1. The molecule has 0 saturated carbocycles. The fourth-order valence-corrected chi connectivity index (χ4v) is 3.01. The fraction of sp³-hybridized carbons (Fsp3) is 0.158. The average molecular weight is 334 g/mol. The number of fused-ring (bicyclic) bond motifs is 1. The molecule has 1 aliphatic rings. The van der Waals surface area contributed by atoms with E-state index >= 15 is 0 Å². The molecule has 0 radical (unpaired) electrons. The zero-order valence-corrected chi connectivity index (χ0v) is 14.0. The van der Waals surface area contributed by atoms with Gasteiger partial charge in [0.25, 0.3) is 0 Å². The van der Waals surface area contributed by atoms with Crippen molar-refractivity contribution >= 4 is 11.6 Å². The number of anilines is 1. The van der Waals surface area contributed by atoms with Crippen LogP contribution in [0.15, 0.2) is 60.9 Å². The fourth-order valence-electron chi connectivity index (χ4n) is 3.01. The molecule has 0 aliphatic carbocycles. The summed E-state index contributed by atoms with van der Waals surface area (Å²) in [5, 5.41) is 7.71. The van der Waals surface area contributed by atoms with Crippen molar-refractivity contribution in [2.24, 2.45) is 0 Å². The first-order chi connectivity index (χ1) is 12.3. The molecule has 2 heterocycles. The number of nitrogens with zero attached hydrogens (tertiary/aromatic N) is 3. The lowest BCUT2D eigenvalue weighted by Crippen LogP contribution is -2.20. The predicted octanol–water partition coefficient (Wildman–Crippen LogP) is 3.35. The van der Waals surface area contributed by atoms with Crippen LogP contribution in [-0.2, 0) is 0 Å². The van der Waals surface area contributed by atoms with Gasteiger partial charge in [-0.15, -0.1) is 0 Å². The van der Waals surface area contributed by atoms with Gasteiger partial charge in [0.05, 0.1) is 14.2 Å². The van der Waals surface area contributed by atoms with Crippen molar-refractivity contribution < 1.29 is 9.47 Å². The molecule has 126 valence electrons. The molecule has 1 aromatic heterocycles. The molecule has 3 aromatic rings. The maximum absolute atomic E-state index is 5.56. The van der Waals surface area contributed by atoms with Gasteiger partial charge in [-0.3, -0.25) is 0 Å². The van der Waals surface area contributed by atoms with Gasteiger partial charge in [-0.25, -0.2) is 4.68 Å². The van der Waals surface area contributed by atoms with E-state index in [4.69, 9.17) is 9.47 Å². The van der Waals surface area contributed by atoms with Gasteiger partial charge < -0.3 is 14.8 Å². The third kappa shape index (κ3) is 2.71. The Hall–Kier alpha value is -3.28. The molecule has 1 atom stereocenters. The lowest BCUT2D eigenvalue weighted by molar-refractivity contribution is 0.394. The standard InChI is InChI=1S/C19H18N4O2/c1-24-14-8-9-18(25-2)15(10-14)17-11-16(13-6-4-3-5-7-13)22-19-20-12-21-23(17)19/h3-12,17H,1-2H3,(H,20,21,22)/t17-/m1/s1. The normalized spacial score (nSPS) is 15.8. The zero-order chi connectivity index (χ0) is 17.2. The van der Waals surface area contributed by atoms with Crippen molar-refractivity contribution in [3.63, 3.8) is 0 Å². The zero-order valence-electron chi connectivity index (χ0n) is 14.0. The molecule has 0 spiro atoms. The highest BCUT2D eigenvalue weighted by atomic mass is 16.5. The molecule has 0 amide bonds. The van der Waals surface area contributed by atoms with Crippen LogP contribution >= 0.6 is 0 Å². The van der Waals surface area contributed by atoms with Gasteiger partial charge in [-0.1, -0.05) is 30.3 Å². The molecule has 0 saturated heterocycles. The van der Waals surface area contributed by atoms with E-state index in [1.165, 1.54) is 0 Å². The van der Waals surface area contributed by atoms with E-state index < -0.39 is 0 Å². The molecule has 0 unspecified atom stereocenters. The third-order valence-corrected chi connectivity index (χ3v) is 4.25. The highest BCUT2D eigenvalue weighted by Gasteiger charge is 2.26. The maximum atomic E-state index is 5.56. The molecule has 6 nitrogen and oxygen atoms in total. The SMILES string of the molecule is COc1ccc(OC)c([C@H]2C=C(c3ccccc3)Nc3ncnn32)c1. The first kappa shape index (κ1) is 15.3. The Morgan fingerprint density at radius 2 is 1.88 bits per heavy atom. The summed E-state index contributed by atoms with van der Waals surface area (Å²) in [6.07, 6.45) is 3.66. The van der Waals surface area contributed by atoms with E-state index in [9.17, 15) is 0 Å². The van der Waals surface area contributed by atoms with Gasteiger partial charge in [-0.05, 0) is 29.8 Å². The minimum Gasteiger partial charge on any atom is -0.497 e. The second kappa shape index (κ2) is 6.32. The number of rotatable bonds is 4. The number of benzene rings is 2. The summed E-state index contributed by atoms with van der Waals surface area (Å²) in [5.74, 6) is 2.24. The third-order valence-electron chi connectivity index (χ3n) is 4.25. The van der Waals surface area contributed by atoms with E-state index in [1.54, 1.807) is 20.5 Å². The Kier molecular flexibility index (Phi) is 3.85. The lowest BCUT2D eigenvalue weighted by Gasteiger charge is -2.25. The van der Waals surface area contributed by atoms with E-state index in [0.717, 1.165) is 28.3 Å². The van der Waals surface area contributed by atoms with Crippen LogP contribution in [0.1, 0.15) is 17.2 Å². The minimum atomic E-state index is -0.154. The Morgan fingerprint density at radius 3 is 2.64 bits per heavy atom. The number of aromatic nitrogens is 3. The van der Waals surface area contributed by atoms with Crippen LogP contribution in [0.3, 0.4) is 0 Å². The maximum Gasteiger partial charge on any atom is 0.226 e. The highest BCUT2D eigenvalue weighted by molar-refractivity contribution is 5.77. The Labute approximate surface area is 145 Å². The summed E-state index contributed by atoms with van der Waals surface area (Å²) in [4.78, 5) is 4.33. The first-order valence-corrected chi connectivity index (χ1v) is 7.96. The summed E-state index contributed by atoms with van der Waals surface area (Å²) >= 11 is 0. The van der Waals surface area contributed by atoms with E-state index in [-0.39, 0.29) is 6.04 Å². The molecule has 1 aliphatic heterocycles. The van der Waals surface area contributed by atoms with Crippen LogP contribution in [0.4, 0.5) is 5.95 Å². The molecule has 4 rings (SSSR count). The molecule has 2 aromatic carbocycles. The monoisotopic (exact) mass is 334 g/mol. The van der Waals surface area contributed by atoms with Crippen LogP contribution in [0.5, 0.6) is 11.5 Å². The van der Waals surface area contributed by atoms with Crippen molar-refractivity contribution in [1.82, 2.24) is 14.8 Å². The van der Waals surface area contributed by atoms with E-state index in [0.29, 0.717) is 5.95 Å².